The van der Waals surface area contributed by atoms with Gasteiger partial charge in [0.2, 0.25) is 0 Å². The monoisotopic (exact) mass is 253 g/mol. The number of fused-ring (bicyclic) bond motifs is 1. The number of nitrogen functional groups attached to an aromatic ring is 1. The fraction of sp³-hybridized carbons (Fsp3) is 0.294. The fourth-order valence-corrected chi connectivity index (χ4v) is 2.81. The van der Waals surface area contributed by atoms with Gasteiger partial charge in [-0.2, -0.15) is 0 Å². The Balaban J connectivity index is 1.93. The summed E-state index contributed by atoms with van der Waals surface area (Å²) in [5, 5.41) is 0. The van der Waals surface area contributed by atoms with Crippen LogP contribution in [0.1, 0.15) is 35.6 Å². The summed E-state index contributed by atoms with van der Waals surface area (Å²) >= 11 is 0. The lowest BCUT2D eigenvalue weighted by atomic mass is 9.89. The molecule has 3 rings (SSSR count). The highest BCUT2D eigenvalue weighted by atomic mass is 16.5. The van der Waals surface area contributed by atoms with Gasteiger partial charge in [-0.15, -0.1) is 0 Å². The Morgan fingerprint density at radius 1 is 1.11 bits per heavy atom. The van der Waals surface area contributed by atoms with Gasteiger partial charge < -0.3 is 10.5 Å². The summed E-state index contributed by atoms with van der Waals surface area (Å²) in [5.74, 6) is 0.837. The molecule has 2 nitrogen and oxygen atoms in total. The molecule has 1 atom stereocenters. The van der Waals surface area contributed by atoms with Gasteiger partial charge in [0.15, 0.2) is 0 Å². The van der Waals surface area contributed by atoms with E-state index in [4.69, 9.17) is 10.5 Å². The Labute approximate surface area is 114 Å². The van der Waals surface area contributed by atoms with Crippen LogP contribution in [0, 0.1) is 6.92 Å². The molecule has 0 heterocycles. The summed E-state index contributed by atoms with van der Waals surface area (Å²) in [6, 6.07) is 14.5. The molecule has 0 aliphatic heterocycles. The number of rotatable bonds is 2. The van der Waals surface area contributed by atoms with E-state index in [1.807, 2.05) is 25.1 Å². The molecule has 1 aliphatic carbocycles. The van der Waals surface area contributed by atoms with E-state index in [0.717, 1.165) is 29.8 Å². The maximum Gasteiger partial charge on any atom is 0.146 e. The summed E-state index contributed by atoms with van der Waals surface area (Å²) in [6.45, 7) is 2.04. The molecule has 0 spiro atoms. The summed E-state index contributed by atoms with van der Waals surface area (Å²) < 4.78 is 6.22. The molecule has 2 aromatic carbocycles. The number of ether oxygens (including phenoxy) is 1. The molecule has 19 heavy (non-hydrogen) atoms. The lowest BCUT2D eigenvalue weighted by Crippen LogP contribution is -2.16. The van der Waals surface area contributed by atoms with E-state index in [9.17, 15) is 0 Å². The van der Waals surface area contributed by atoms with Crippen LogP contribution >= 0.6 is 0 Å². The highest BCUT2D eigenvalue weighted by Gasteiger charge is 2.22. The van der Waals surface area contributed by atoms with Crippen LogP contribution in [0.4, 0.5) is 5.69 Å². The molecule has 2 N–H and O–H groups in total. The second kappa shape index (κ2) is 4.96. The minimum Gasteiger partial charge on any atom is -0.483 e. The lowest BCUT2D eigenvalue weighted by Gasteiger charge is -2.27. The second-order valence-electron chi connectivity index (χ2n) is 5.19. The van der Waals surface area contributed by atoms with E-state index in [1.54, 1.807) is 0 Å². The zero-order valence-corrected chi connectivity index (χ0v) is 11.2. The average Bonchev–Trinajstić information content (AvgIpc) is 2.43. The molecule has 0 aromatic heterocycles. The highest BCUT2D eigenvalue weighted by molar-refractivity contribution is 5.56. The Kier molecular flexibility index (Phi) is 3.16. The first-order chi connectivity index (χ1) is 9.25. The number of hydrogen-bond donors (Lipinski definition) is 1. The van der Waals surface area contributed by atoms with Crippen molar-refractivity contribution in [3.05, 3.63) is 59.2 Å². The molecular weight excluding hydrogens is 234 g/mol. The topological polar surface area (TPSA) is 35.2 Å². The minimum atomic E-state index is 0.133. The molecular formula is C17H19NO. The van der Waals surface area contributed by atoms with Gasteiger partial charge in [-0.3, -0.25) is 0 Å². The van der Waals surface area contributed by atoms with Crippen molar-refractivity contribution in [2.24, 2.45) is 0 Å². The van der Waals surface area contributed by atoms with Crippen molar-refractivity contribution in [3.63, 3.8) is 0 Å². The number of para-hydroxylation sites is 1. The van der Waals surface area contributed by atoms with Crippen LogP contribution in [0.15, 0.2) is 42.5 Å². The van der Waals surface area contributed by atoms with Gasteiger partial charge in [-0.05, 0) is 48.9 Å². The van der Waals surface area contributed by atoms with E-state index in [2.05, 4.69) is 24.3 Å². The molecule has 0 bridgehead atoms. The predicted molar refractivity (Wildman–Crippen MR) is 78.3 cm³/mol. The second-order valence-corrected chi connectivity index (χ2v) is 5.19. The quantitative estimate of drug-likeness (QED) is 0.820. The third-order valence-electron chi connectivity index (χ3n) is 3.82. The maximum atomic E-state index is 6.22. The van der Waals surface area contributed by atoms with E-state index in [-0.39, 0.29) is 6.10 Å². The SMILES string of the molecule is Cc1cccc(N)c1OC1CCCc2ccccc21. The van der Waals surface area contributed by atoms with Crippen LogP contribution in [0.2, 0.25) is 0 Å². The van der Waals surface area contributed by atoms with Crippen molar-refractivity contribution in [3.8, 4) is 5.75 Å². The van der Waals surface area contributed by atoms with Gasteiger partial charge in [0, 0.05) is 0 Å². The normalized spacial score (nSPS) is 17.8. The number of nitrogens with two attached hydrogens (primary N) is 1. The molecule has 0 saturated carbocycles. The van der Waals surface area contributed by atoms with Crippen molar-refractivity contribution in [2.45, 2.75) is 32.3 Å². The van der Waals surface area contributed by atoms with Gasteiger partial charge in [0.1, 0.15) is 11.9 Å². The summed E-state index contributed by atoms with van der Waals surface area (Å²) in [4.78, 5) is 0. The predicted octanol–water partition coefficient (Wildman–Crippen LogP) is 4.03. The van der Waals surface area contributed by atoms with Gasteiger partial charge in [-0.25, -0.2) is 0 Å². The van der Waals surface area contributed by atoms with Gasteiger partial charge in [0.25, 0.3) is 0 Å². The van der Waals surface area contributed by atoms with Crippen molar-refractivity contribution in [1.29, 1.82) is 0 Å². The average molecular weight is 253 g/mol. The van der Waals surface area contributed by atoms with Crippen molar-refractivity contribution in [2.75, 3.05) is 5.73 Å². The third-order valence-corrected chi connectivity index (χ3v) is 3.82. The molecule has 2 heteroatoms. The Hall–Kier alpha value is -1.96. The van der Waals surface area contributed by atoms with Crippen molar-refractivity contribution in [1.82, 2.24) is 0 Å². The Bertz CT molecular complexity index is 571. The van der Waals surface area contributed by atoms with E-state index in [1.165, 1.54) is 17.5 Å². The molecule has 0 fully saturated rings. The first-order valence-electron chi connectivity index (χ1n) is 6.85. The first-order valence-corrected chi connectivity index (χ1v) is 6.85. The number of aryl methyl sites for hydroxylation is 2. The van der Waals surface area contributed by atoms with E-state index in [0.29, 0.717) is 0 Å². The summed E-state index contributed by atoms with van der Waals surface area (Å²) in [5.41, 5.74) is 10.6. The minimum absolute atomic E-state index is 0.133. The Morgan fingerprint density at radius 3 is 2.79 bits per heavy atom. The molecule has 0 radical (unpaired) electrons. The van der Waals surface area contributed by atoms with Crippen molar-refractivity contribution < 1.29 is 4.74 Å². The lowest BCUT2D eigenvalue weighted by molar-refractivity contribution is 0.183. The van der Waals surface area contributed by atoms with Crippen molar-refractivity contribution >= 4 is 5.69 Å². The molecule has 0 saturated heterocycles. The standard InChI is InChI=1S/C17H19NO/c1-12-6-4-10-15(18)17(12)19-16-11-5-8-13-7-2-3-9-14(13)16/h2-4,6-7,9-10,16H,5,8,11,18H2,1H3. The van der Waals surface area contributed by atoms with Crippen LogP contribution in [-0.4, -0.2) is 0 Å². The van der Waals surface area contributed by atoms with Gasteiger partial charge in [-0.1, -0.05) is 36.4 Å². The number of anilines is 1. The van der Waals surface area contributed by atoms with E-state index < -0.39 is 0 Å². The van der Waals surface area contributed by atoms with Crippen LogP contribution < -0.4 is 10.5 Å². The zero-order chi connectivity index (χ0) is 13.2. The fourth-order valence-electron chi connectivity index (χ4n) is 2.81. The van der Waals surface area contributed by atoms with Crippen LogP contribution in [-0.2, 0) is 6.42 Å². The molecule has 1 unspecified atom stereocenters. The summed E-state index contributed by atoms with van der Waals surface area (Å²) in [6.07, 6.45) is 3.52. The van der Waals surface area contributed by atoms with Crippen LogP contribution in [0.25, 0.3) is 0 Å². The number of benzene rings is 2. The highest BCUT2D eigenvalue weighted by Crippen LogP contribution is 2.36. The first kappa shape index (κ1) is 12.1. The van der Waals surface area contributed by atoms with Gasteiger partial charge >= 0.3 is 0 Å². The molecule has 2 aromatic rings. The van der Waals surface area contributed by atoms with E-state index >= 15 is 0 Å². The number of hydrogen-bond acceptors (Lipinski definition) is 2. The Morgan fingerprint density at radius 2 is 1.95 bits per heavy atom. The third kappa shape index (κ3) is 2.30. The maximum absolute atomic E-state index is 6.22. The molecule has 98 valence electrons. The largest absolute Gasteiger partial charge is 0.483 e. The van der Waals surface area contributed by atoms with Crippen LogP contribution in [0.5, 0.6) is 5.75 Å². The van der Waals surface area contributed by atoms with Crippen LogP contribution in [0.3, 0.4) is 0 Å². The zero-order valence-electron chi connectivity index (χ0n) is 11.2. The molecule has 0 amide bonds. The smallest absolute Gasteiger partial charge is 0.146 e. The van der Waals surface area contributed by atoms with Gasteiger partial charge in [0.05, 0.1) is 5.69 Å². The molecule has 1 aliphatic rings. The summed E-state index contributed by atoms with van der Waals surface area (Å²) in [7, 11) is 0.